The van der Waals surface area contributed by atoms with E-state index in [4.69, 9.17) is 21.3 Å². The number of rotatable bonds is 6. The standard InChI is InChI=1S/C26H19ClN2O4/c1-2-33-26(30)25-23(14-10-17-8-12-20(13-9-17)29(31)32)28-22-15-11-19(27)16-21(22)24(25)18-6-4-3-5-7-18/h3-16H,2H2,1H3/b14-10+. The van der Waals surface area contributed by atoms with Gasteiger partial charge in [0.2, 0.25) is 0 Å². The van der Waals surface area contributed by atoms with Gasteiger partial charge in [-0.25, -0.2) is 9.78 Å². The van der Waals surface area contributed by atoms with E-state index in [2.05, 4.69) is 0 Å². The summed E-state index contributed by atoms with van der Waals surface area (Å²) in [7, 11) is 0. The average molecular weight is 459 g/mol. The fraction of sp³-hybridized carbons (Fsp3) is 0.0769. The zero-order chi connectivity index (χ0) is 23.4. The smallest absolute Gasteiger partial charge is 0.340 e. The highest BCUT2D eigenvalue weighted by molar-refractivity contribution is 6.31. The molecule has 0 aliphatic rings. The second kappa shape index (κ2) is 9.63. The summed E-state index contributed by atoms with van der Waals surface area (Å²) in [6.07, 6.45) is 3.47. The summed E-state index contributed by atoms with van der Waals surface area (Å²) >= 11 is 6.28. The molecule has 0 radical (unpaired) electrons. The van der Waals surface area contributed by atoms with Crippen molar-refractivity contribution in [2.45, 2.75) is 6.92 Å². The highest BCUT2D eigenvalue weighted by atomic mass is 35.5. The molecule has 0 unspecified atom stereocenters. The third kappa shape index (κ3) is 4.76. The number of benzene rings is 3. The lowest BCUT2D eigenvalue weighted by atomic mass is 9.93. The molecule has 0 spiro atoms. The number of carbonyl (C=O) groups excluding carboxylic acids is 1. The number of nitro benzene ring substituents is 1. The molecule has 0 saturated carbocycles. The maximum absolute atomic E-state index is 13.1. The van der Waals surface area contributed by atoms with Crippen LogP contribution in [-0.2, 0) is 4.74 Å². The Hall–Kier alpha value is -4.03. The zero-order valence-electron chi connectivity index (χ0n) is 17.7. The number of fused-ring (bicyclic) bond motifs is 1. The normalized spacial score (nSPS) is 11.1. The number of esters is 1. The summed E-state index contributed by atoms with van der Waals surface area (Å²) in [5.41, 5.74) is 3.69. The van der Waals surface area contributed by atoms with Gasteiger partial charge in [-0.05, 0) is 54.5 Å². The summed E-state index contributed by atoms with van der Waals surface area (Å²) < 4.78 is 5.38. The molecule has 7 heteroatoms. The van der Waals surface area contributed by atoms with Crippen LogP contribution < -0.4 is 0 Å². The van der Waals surface area contributed by atoms with Gasteiger partial charge in [0.15, 0.2) is 0 Å². The SMILES string of the molecule is CCOC(=O)c1c(/C=C/c2ccc([N+](=O)[O-])cc2)nc2ccc(Cl)cc2c1-c1ccccc1. The van der Waals surface area contributed by atoms with Crippen LogP contribution in [0.3, 0.4) is 0 Å². The van der Waals surface area contributed by atoms with Crippen LogP contribution in [-0.4, -0.2) is 22.5 Å². The minimum absolute atomic E-state index is 0.00596. The summed E-state index contributed by atoms with van der Waals surface area (Å²) in [5, 5.41) is 12.2. The Morgan fingerprint density at radius 2 is 1.79 bits per heavy atom. The molecule has 0 aliphatic heterocycles. The lowest BCUT2D eigenvalue weighted by molar-refractivity contribution is -0.384. The molecule has 0 aliphatic carbocycles. The molecular weight excluding hydrogens is 440 g/mol. The first-order valence-corrected chi connectivity index (χ1v) is 10.6. The summed E-state index contributed by atoms with van der Waals surface area (Å²) in [6, 6.07) is 21.0. The van der Waals surface area contributed by atoms with Crippen molar-refractivity contribution in [2.24, 2.45) is 0 Å². The Kier molecular flexibility index (Phi) is 6.47. The lowest BCUT2D eigenvalue weighted by Crippen LogP contribution is -2.11. The number of carbonyl (C=O) groups is 1. The first kappa shape index (κ1) is 22.2. The Bertz CT molecular complexity index is 1370. The summed E-state index contributed by atoms with van der Waals surface area (Å²) in [6.45, 7) is 1.96. The molecule has 1 aromatic heterocycles. The van der Waals surface area contributed by atoms with E-state index < -0.39 is 10.9 Å². The van der Waals surface area contributed by atoms with E-state index in [9.17, 15) is 14.9 Å². The van der Waals surface area contributed by atoms with Crippen LogP contribution >= 0.6 is 11.6 Å². The number of aromatic nitrogens is 1. The molecule has 6 nitrogen and oxygen atoms in total. The van der Waals surface area contributed by atoms with Crippen molar-refractivity contribution < 1.29 is 14.5 Å². The third-order valence-electron chi connectivity index (χ3n) is 5.05. The molecular formula is C26H19ClN2O4. The second-order valence-electron chi connectivity index (χ2n) is 7.18. The van der Waals surface area contributed by atoms with Crippen LogP contribution in [0.5, 0.6) is 0 Å². The predicted octanol–water partition coefficient (Wildman–Crippen LogP) is 6.81. The van der Waals surface area contributed by atoms with Gasteiger partial charge in [-0.2, -0.15) is 0 Å². The van der Waals surface area contributed by atoms with Gasteiger partial charge in [-0.1, -0.05) is 48.0 Å². The monoisotopic (exact) mass is 458 g/mol. The number of hydrogen-bond donors (Lipinski definition) is 0. The van der Waals surface area contributed by atoms with Crippen molar-refractivity contribution in [3.8, 4) is 11.1 Å². The maximum Gasteiger partial charge on any atom is 0.340 e. The van der Waals surface area contributed by atoms with Crippen molar-refractivity contribution in [1.29, 1.82) is 0 Å². The molecule has 4 aromatic rings. The highest BCUT2D eigenvalue weighted by Crippen LogP contribution is 2.35. The second-order valence-corrected chi connectivity index (χ2v) is 7.61. The number of non-ortho nitro benzene ring substituents is 1. The summed E-state index contributed by atoms with van der Waals surface area (Å²) in [4.78, 5) is 28.3. The molecule has 3 aromatic carbocycles. The number of nitrogens with zero attached hydrogens (tertiary/aromatic N) is 2. The predicted molar refractivity (Wildman–Crippen MR) is 130 cm³/mol. The molecule has 0 amide bonds. The van der Waals surface area contributed by atoms with E-state index in [1.54, 1.807) is 43.3 Å². The molecule has 0 saturated heterocycles. The zero-order valence-corrected chi connectivity index (χ0v) is 18.5. The van der Waals surface area contributed by atoms with Gasteiger partial charge in [-0.3, -0.25) is 10.1 Å². The van der Waals surface area contributed by atoms with Gasteiger partial charge in [0, 0.05) is 28.1 Å². The van der Waals surface area contributed by atoms with E-state index >= 15 is 0 Å². The van der Waals surface area contributed by atoms with Crippen LogP contribution in [0.2, 0.25) is 5.02 Å². The first-order chi connectivity index (χ1) is 16.0. The molecule has 1 heterocycles. The molecule has 0 atom stereocenters. The number of pyridine rings is 1. The Morgan fingerprint density at radius 1 is 1.06 bits per heavy atom. The molecule has 4 rings (SSSR count). The van der Waals surface area contributed by atoms with Crippen LogP contribution in [0.1, 0.15) is 28.5 Å². The number of ether oxygens (including phenoxy) is 1. The highest BCUT2D eigenvalue weighted by Gasteiger charge is 2.22. The fourth-order valence-corrected chi connectivity index (χ4v) is 3.74. The van der Waals surface area contributed by atoms with Crippen molar-refractivity contribution in [3.05, 3.63) is 105 Å². The van der Waals surface area contributed by atoms with Gasteiger partial charge in [-0.15, -0.1) is 0 Å². The van der Waals surface area contributed by atoms with Crippen LogP contribution in [0.25, 0.3) is 34.2 Å². The quantitative estimate of drug-likeness (QED) is 0.180. The van der Waals surface area contributed by atoms with Crippen LogP contribution in [0.4, 0.5) is 5.69 Å². The van der Waals surface area contributed by atoms with E-state index in [1.165, 1.54) is 12.1 Å². The Labute approximate surface area is 195 Å². The fourth-order valence-electron chi connectivity index (χ4n) is 3.57. The van der Waals surface area contributed by atoms with E-state index in [-0.39, 0.29) is 12.3 Å². The van der Waals surface area contributed by atoms with E-state index in [0.29, 0.717) is 27.4 Å². The molecule has 0 bridgehead atoms. The van der Waals surface area contributed by atoms with Crippen molar-refractivity contribution in [3.63, 3.8) is 0 Å². The van der Waals surface area contributed by atoms with E-state index in [1.807, 2.05) is 36.4 Å². The number of hydrogen-bond acceptors (Lipinski definition) is 5. The minimum atomic E-state index is -0.492. The van der Waals surface area contributed by atoms with E-state index in [0.717, 1.165) is 16.5 Å². The summed E-state index contributed by atoms with van der Waals surface area (Å²) in [5.74, 6) is -0.492. The maximum atomic E-state index is 13.1. The minimum Gasteiger partial charge on any atom is -0.462 e. The van der Waals surface area contributed by atoms with Gasteiger partial charge < -0.3 is 4.74 Å². The van der Waals surface area contributed by atoms with Crippen LogP contribution in [0.15, 0.2) is 72.8 Å². The molecule has 164 valence electrons. The molecule has 0 N–H and O–H groups in total. The Morgan fingerprint density at radius 3 is 2.45 bits per heavy atom. The van der Waals surface area contributed by atoms with Crippen molar-refractivity contribution in [1.82, 2.24) is 4.98 Å². The Balaban J connectivity index is 1.95. The van der Waals surface area contributed by atoms with Gasteiger partial charge in [0.05, 0.1) is 28.3 Å². The first-order valence-electron chi connectivity index (χ1n) is 10.3. The van der Waals surface area contributed by atoms with Crippen LogP contribution in [0, 0.1) is 10.1 Å². The van der Waals surface area contributed by atoms with Gasteiger partial charge >= 0.3 is 5.97 Å². The van der Waals surface area contributed by atoms with Crippen molar-refractivity contribution in [2.75, 3.05) is 6.61 Å². The topological polar surface area (TPSA) is 82.3 Å². The number of nitro groups is 1. The molecule has 33 heavy (non-hydrogen) atoms. The lowest BCUT2D eigenvalue weighted by Gasteiger charge is -2.15. The number of halogens is 1. The van der Waals surface area contributed by atoms with Gasteiger partial charge in [0.1, 0.15) is 0 Å². The van der Waals surface area contributed by atoms with Gasteiger partial charge in [0.25, 0.3) is 5.69 Å². The molecule has 0 fully saturated rings. The van der Waals surface area contributed by atoms with Crippen molar-refractivity contribution >= 4 is 46.3 Å². The average Bonchev–Trinajstić information content (AvgIpc) is 2.82. The largest absolute Gasteiger partial charge is 0.462 e. The third-order valence-corrected chi connectivity index (χ3v) is 5.29.